The summed E-state index contributed by atoms with van der Waals surface area (Å²) < 4.78 is 36.1. The van der Waals surface area contributed by atoms with Gasteiger partial charge in [-0.1, -0.05) is 13.8 Å². The SMILES string of the molecule is CC(C)C(=O)Nc1nc2c(ncn2C2OCC(F)C2O[P+](=O)O)c(=O)[nH]1. The average Bonchev–Trinajstić information content (AvgIpc) is 3.11. The molecule has 0 radical (unpaired) electrons. The predicted octanol–water partition coefficient (Wildman–Crippen LogP) is 0.616. The van der Waals surface area contributed by atoms with Crippen LogP contribution in [0.2, 0.25) is 0 Å². The van der Waals surface area contributed by atoms with Crippen molar-refractivity contribution >= 4 is 31.3 Å². The van der Waals surface area contributed by atoms with Gasteiger partial charge in [-0.05, 0) is 0 Å². The number of anilines is 1. The number of nitrogens with one attached hydrogen (secondary N) is 2. The van der Waals surface area contributed by atoms with Gasteiger partial charge in [0.05, 0.1) is 12.9 Å². The number of carbonyl (C=O) groups excluding carboxylic acids is 1. The van der Waals surface area contributed by atoms with Crippen molar-refractivity contribution in [1.82, 2.24) is 19.5 Å². The number of nitrogens with zero attached hydrogens (tertiary/aromatic N) is 3. The number of imidazole rings is 1. The first-order valence-corrected chi connectivity index (χ1v) is 8.77. The predicted molar refractivity (Wildman–Crippen MR) is 86.2 cm³/mol. The number of aromatic amines is 1. The van der Waals surface area contributed by atoms with Gasteiger partial charge in [0.1, 0.15) is 0 Å². The smallest absolute Gasteiger partial charge is 0.352 e. The van der Waals surface area contributed by atoms with Crippen LogP contribution in [0.1, 0.15) is 20.1 Å². The van der Waals surface area contributed by atoms with E-state index in [0.29, 0.717) is 0 Å². The van der Waals surface area contributed by atoms with Gasteiger partial charge >= 0.3 is 8.25 Å². The van der Waals surface area contributed by atoms with Crippen LogP contribution in [0.25, 0.3) is 11.2 Å². The Morgan fingerprint density at radius 1 is 1.62 bits per heavy atom. The van der Waals surface area contributed by atoms with Crippen LogP contribution in [0.4, 0.5) is 10.3 Å². The molecular formula is C13H16FN5O6P+. The Bertz CT molecular complexity index is 914. The molecule has 0 bridgehead atoms. The fraction of sp³-hybridized carbons (Fsp3) is 0.538. The molecule has 26 heavy (non-hydrogen) atoms. The fourth-order valence-corrected chi connectivity index (χ4v) is 2.90. The third-order valence-electron chi connectivity index (χ3n) is 3.75. The van der Waals surface area contributed by atoms with E-state index in [1.54, 1.807) is 13.8 Å². The Hall–Kier alpha value is -2.27. The first-order valence-electron chi connectivity index (χ1n) is 7.64. The molecule has 0 saturated carbocycles. The largest absolute Gasteiger partial charge is 0.695 e. The van der Waals surface area contributed by atoms with Gasteiger partial charge in [-0.25, -0.2) is 9.37 Å². The normalized spacial score (nSPS) is 23.6. The summed E-state index contributed by atoms with van der Waals surface area (Å²) in [5, 5.41) is 2.45. The molecule has 1 amide bonds. The molecular weight excluding hydrogens is 372 g/mol. The molecule has 4 atom stereocenters. The zero-order valence-electron chi connectivity index (χ0n) is 13.7. The minimum absolute atomic E-state index is 0.00803. The topological polar surface area (TPSA) is 148 Å². The van der Waals surface area contributed by atoms with E-state index in [9.17, 15) is 18.5 Å². The molecule has 3 heterocycles. The summed E-state index contributed by atoms with van der Waals surface area (Å²) in [7, 11) is -3.06. The second-order valence-corrected chi connectivity index (χ2v) is 6.62. The molecule has 1 saturated heterocycles. The van der Waals surface area contributed by atoms with Gasteiger partial charge < -0.3 is 4.74 Å². The summed E-state index contributed by atoms with van der Waals surface area (Å²) in [6.07, 6.45) is -2.99. The molecule has 140 valence electrons. The number of hydrogen-bond donors (Lipinski definition) is 3. The van der Waals surface area contributed by atoms with Crippen LogP contribution in [0.3, 0.4) is 0 Å². The number of hydrogen-bond acceptors (Lipinski definition) is 7. The van der Waals surface area contributed by atoms with E-state index >= 15 is 0 Å². The highest BCUT2D eigenvalue weighted by Gasteiger charge is 2.46. The molecule has 3 N–H and O–H groups in total. The van der Waals surface area contributed by atoms with Crippen molar-refractivity contribution in [2.75, 3.05) is 11.9 Å². The molecule has 2 aromatic rings. The van der Waals surface area contributed by atoms with E-state index < -0.39 is 32.3 Å². The van der Waals surface area contributed by atoms with E-state index in [2.05, 4.69) is 20.3 Å². The summed E-state index contributed by atoms with van der Waals surface area (Å²) in [6, 6.07) is 0. The van der Waals surface area contributed by atoms with Crippen molar-refractivity contribution in [3.05, 3.63) is 16.7 Å². The minimum atomic E-state index is -3.06. The molecule has 2 aromatic heterocycles. The van der Waals surface area contributed by atoms with Crippen molar-refractivity contribution in [3.8, 4) is 0 Å². The van der Waals surface area contributed by atoms with E-state index in [-0.39, 0.29) is 35.5 Å². The van der Waals surface area contributed by atoms with Crippen LogP contribution < -0.4 is 10.9 Å². The Labute approximate surface area is 146 Å². The molecule has 11 nitrogen and oxygen atoms in total. The van der Waals surface area contributed by atoms with Gasteiger partial charge in [-0.2, -0.15) is 4.98 Å². The maximum absolute atomic E-state index is 13.9. The number of aromatic nitrogens is 4. The lowest BCUT2D eigenvalue weighted by Crippen LogP contribution is -2.27. The van der Waals surface area contributed by atoms with E-state index in [4.69, 9.17) is 14.2 Å². The fourth-order valence-electron chi connectivity index (χ4n) is 2.45. The number of rotatable bonds is 5. The number of alkyl halides is 1. The lowest BCUT2D eigenvalue weighted by molar-refractivity contribution is -0.118. The van der Waals surface area contributed by atoms with Crippen LogP contribution in [0.15, 0.2) is 11.1 Å². The van der Waals surface area contributed by atoms with Crippen molar-refractivity contribution < 1.29 is 27.9 Å². The average molecular weight is 388 g/mol. The third kappa shape index (κ3) is 3.49. The number of fused-ring (bicyclic) bond motifs is 1. The number of amides is 1. The highest BCUT2D eigenvalue weighted by atomic mass is 31.1. The minimum Gasteiger partial charge on any atom is -0.352 e. The number of halogens is 1. The van der Waals surface area contributed by atoms with E-state index in [1.165, 1.54) is 10.9 Å². The van der Waals surface area contributed by atoms with Crippen LogP contribution >= 0.6 is 8.25 Å². The van der Waals surface area contributed by atoms with Crippen molar-refractivity contribution in [2.24, 2.45) is 5.92 Å². The first kappa shape index (κ1) is 18.5. The maximum Gasteiger partial charge on any atom is 0.695 e. The second-order valence-electron chi connectivity index (χ2n) is 5.93. The summed E-state index contributed by atoms with van der Waals surface area (Å²) >= 11 is 0. The van der Waals surface area contributed by atoms with Crippen LogP contribution in [-0.4, -0.2) is 49.2 Å². The van der Waals surface area contributed by atoms with Gasteiger partial charge in [0.2, 0.25) is 11.9 Å². The summed E-state index contributed by atoms with van der Waals surface area (Å²) in [4.78, 5) is 43.3. The lowest BCUT2D eigenvalue weighted by Gasteiger charge is -2.16. The Kier molecular flexibility index (Phi) is 5.10. The summed E-state index contributed by atoms with van der Waals surface area (Å²) in [6.45, 7) is 2.97. The maximum atomic E-state index is 13.9. The number of H-pyrrole nitrogens is 1. The van der Waals surface area contributed by atoms with Gasteiger partial charge in [0.25, 0.3) is 5.56 Å². The molecule has 4 unspecified atom stereocenters. The van der Waals surface area contributed by atoms with Gasteiger partial charge in [-0.15, -0.1) is 9.42 Å². The Balaban J connectivity index is 2.01. The Morgan fingerprint density at radius 3 is 3.00 bits per heavy atom. The molecule has 0 aromatic carbocycles. The monoisotopic (exact) mass is 388 g/mol. The van der Waals surface area contributed by atoms with E-state index in [0.717, 1.165) is 0 Å². The van der Waals surface area contributed by atoms with E-state index in [1.807, 2.05) is 0 Å². The Morgan fingerprint density at radius 2 is 2.35 bits per heavy atom. The van der Waals surface area contributed by atoms with Gasteiger partial charge in [0, 0.05) is 10.5 Å². The van der Waals surface area contributed by atoms with Gasteiger partial charge in [0.15, 0.2) is 29.7 Å². The number of carbonyl (C=O) groups is 1. The quantitative estimate of drug-likeness (QED) is 0.631. The van der Waals surface area contributed by atoms with Crippen molar-refractivity contribution in [3.63, 3.8) is 0 Å². The number of ether oxygens (including phenoxy) is 1. The van der Waals surface area contributed by atoms with Gasteiger partial charge in [-0.3, -0.25) is 24.5 Å². The molecule has 0 spiro atoms. The summed E-state index contributed by atoms with van der Waals surface area (Å²) in [5.41, 5.74) is -0.674. The molecule has 1 aliphatic rings. The van der Waals surface area contributed by atoms with Crippen LogP contribution in [-0.2, 0) is 18.6 Å². The third-order valence-corrected chi connectivity index (χ3v) is 4.17. The zero-order valence-corrected chi connectivity index (χ0v) is 14.6. The van der Waals surface area contributed by atoms with Crippen LogP contribution in [0.5, 0.6) is 0 Å². The van der Waals surface area contributed by atoms with Crippen LogP contribution in [0, 0.1) is 5.92 Å². The highest BCUT2D eigenvalue weighted by molar-refractivity contribution is 7.32. The second kappa shape index (κ2) is 7.16. The highest BCUT2D eigenvalue weighted by Crippen LogP contribution is 2.35. The first-order chi connectivity index (χ1) is 12.3. The molecule has 1 aliphatic heterocycles. The molecule has 13 heteroatoms. The standard InChI is InChI=1S/C13H15FN5O6P/c1-5(2)10(20)17-13-16-9-7(11(21)18-13)15-4-19(9)12-8(25-26(22)23)6(14)3-24-12/h4-6,8,12H,3H2,1-2H3,(H2-,16,17,18,20,21,22,23)/p+1. The summed E-state index contributed by atoms with van der Waals surface area (Å²) in [5.74, 6) is -0.813. The lowest BCUT2D eigenvalue weighted by atomic mass is 10.2. The molecule has 1 fully saturated rings. The van der Waals surface area contributed by atoms with Crippen molar-refractivity contribution in [2.45, 2.75) is 32.4 Å². The molecule has 0 aliphatic carbocycles. The van der Waals surface area contributed by atoms with Crippen molar-refractivity contribution in [1.29, 1.82) is 0 Å². The zero-order chi connectivity index (χ0) is 19.0. The molecule has 3 rings (SSSR count).